The molecular weight excluding hydrogens is 713 g/mol. The molecule has 0 heterocycles. The number of hydrogen-bond donors (Lipinski definition) is 4. The van der Waals surface area contributed by atoms with Crippen molar-refractivity contribution < 1.29 is 38.3 Å². The molecule has 1 aromatic carbocycles. The van der Waals surface area contributed by atoms with E-state index in [0.29, 0.717) is 5.56 Å². The van der Waals surface area contributed by atoms with Gasteiger partial charge in [-0.25, -0.2) is 4.79 Å². The second-order valence-corrected chi connectivity index (χ2v) is 17.9. The number of alkyl carbamates (subject to hydrolysis) is 1. The second-order valence-electron chi connectivity index (χ2n) is 16.5. The maximum absolute atomic E-state index is 14.2. The molecule has 0 saturated heterocycles. The van der Waals surface area contributed by atoms with Crippen molar-refractivity contribution in [3.8, 4) is 0 Å². The normalized spacial score (nSPS) is 23.5. The number of hydrogen-bond acceptors (Lipinski definition) is 8. The Morgan fingerprint density at radius 1 is 0.923 bits per heavy atom. The van der Waals surface area contributed by atoms with Crippen LogP contribution in [0.4, 0.5) is 4.79 Å². The molecule has 3 saturated carbocycles. The van der Waals surface area contributed by atoms with Gasteiger partial charge in [-0.2, -0.15) is 0 Å². The van der Waals surface area contributed by atoms with Gasteiger partial charge in [-0.15, -0.1) is 23.2 Å². The summed E-state index contributed by atoms with van der Waals surface area (Å²) < 4.78 is 4.16. The Bertz CT molecular complexity index is 1570. The van der Waals surface area contributed by atoms with Crippen LogP contribution in [0.5, 0.6) is 0 Å². The first kappa shape index (κ1) is 41.1. The summed E-state index contributed by atoms with van der Waals surface area (Å²) in [6.07, 6.45) is 1.25. The van der Waals surface area contributed by atoms with Gasteiger partial charge in [0.05, 0.1) is 24.5 Å². The van der Waals surface area contributed by atoms with E-state index in [2.05, 4.69) is 21.3 Å². The molecule has 5 amide bonds. The molecule has 286 valence electrons. The molecule has 3 unspecified atom stereocenters. The Labute approximate surface area is 315 Å². The first-order valence-corrected chi connectivity index (χ1v) is 18.4. The molecule has 13 nitrogen and oxygen atoms in total. The minimum absolute atomic E-state index is 0.104. The fourth-order valence-corrected chi connectivity index (χ4v) is 7.77. The number of benzene rings is 1. The number of halogens is 2. The Morgan fingerprint density at radius 3 is 2.08 bits per heavy atom. The van der Waals surface area contributed by atoms with Gasteiger partial charge in [0.25, 0.3) is 5.91 Å². The Kier molecular flexibility index (Phi) is 12.4. The highest BCUT2D eigenvalue weighted by Gasteiger charge is 2.74. The van der Waals surface area contributed by atoms with Crippen LogP contribution >= 0.6 is 23.2 Å². The number of nitrogens with zero attached hydrogens (tertiary/aromatic N) is 1. The number of ether oxygens (including phenoxy) is 1. The zero-order valence-electron chi connectivity index (χ0n) is 31.0. The highest BCUT2D eigenvalue weighted by atomic mass is 35.5. The Hall–Kier alpha value is -3.71. The Morgan fingerprint density at radius 2 is 1.54 bits per heavy atom. The van der Waals surface area contributed by atoms with E-state index >= 15 is 0 Å². The third kappa shape index (κ3) is 10.0. The van der Waals surface area contributed by atoms with Crippen LogP contribution in [0.1, 0.15) is 78.8 Å². The summed E-state index contributed by atoms with van der Waals surface area (Å²) in [6, 6.07) is 5.33. The summed E-state index contributed by atoms with van der Waals surface area (Å²) in [4.78, 5) is 94.7. The molecule has 0 bridgehead atoms. The van der Waals surface area contributed by atoms with Crippen LogP contribution in [0.3, 0.4) is 0 Å². The third-order valence-electron chi connectivity index (χ3n) is 9.73. The molecule has 4 rings (SSSR count). The number of carbonyl (C=O) groups is 7. The number of alkyl halides is 2. The molecule has 4 N–H and O–H groups in total. The number of Topliss-reactive ketones (excluding diaryl/α,β-unsaturated/α-hetero) is 2. The lowest BCUT2D eigenvalue weighted by Crippen LogP contribution is -2.55. The van der Waals surface area contributed by atoms with Crippen molar-refractivity contribution >= 4 is 64.5 Å². The fraction of sp³-hybridized carbons (Fsp3) is 0.649. The van der Waals surface area contributed by atoms with E-state index < -0.39 is 87.4 Å². The fourth-order valence-electron chi connectivity index (χ4n) is 6.87. The van der Waals surface area contributed by atoms with Crippen LogP contribution < -0.4 is 21.3 Å². The molecule has 3 fully saturated rings. The number of likely N-dealkylation sites (N-methyl/N-ethyl adjacent to an activating group) is 1. The van der Waals surface area contributed by atoms with Gasteiger partial charge in [0, 0.05) is 25.9 Å². The summed E-state index contributed by atoms with van der Waals surface area (Å²) in [7, 11) is 3.10. The molecule has 1 aromatic rings. The van der Waals surface area contributed by atoms with Crippen molar-refractivity contribution in [1.29, 1.82) is 0 Å². The molecule has 0 spiro atoms. The molecule has 15 heteroatoms. The van der Waals surface area contributed by atoms with Gasteiger partial charge in [0.1, 0.15) is 16.0 Å². The predicted octanol–water partition coefficient (Wildman–Crippen LogP) is 3.47. The van der Waals surface area contributed by atoms with Crippen molar-refractivity contribution in [3.63, 3.8) is 0 Å². The van der Waals surface area contributed by atoms with Crippen molar-refractivity contribution in [3.05, 3.63) is 35.9 Å². The lowest BCUT2D eigenvalue weighted by molar-refractivity contribution is -0.142. The predicted molar refractivity (Wildman–Crippen MR) is 194 cm³/mol. The molecule has 52 heavy (non-hydrogen) atoms. The molecule has 0 aromatic heterocycles. The van der Waals surface area contributed by atoms with Crippen LogP contribution in [-0.4, -0.2) is 88.8 Å². The number of amides is 5. The van der Waals surface area contributed by atoms with Crippen LogP contribution in [0.25, 0.3) is 0 Å². The number of fused-ring (bicyclic) bond motifs is 1. The molecule has 0 radical (unpaired) electrons. The van der Waals surface area contributed by atoms with Gasteiger partial charge in [-0.05, 0) is 56.4 Å². The van der Waals surface area contributed by atoms with Crippen LogP contribution in [0, 0.1) is 35.0 Å². The third-order valence-corrected chi connectivity index (χ3v) is 10.8. The van der Waals surface area contributed by atoms with Crippen LogP contribution in [0.15, 0.2) is 30.3 Å². The van der Waals surface area contributed by atoms with Crippen molar-refractivity contribution in [2.75, 3.05) is 20.6 Å². The minimum Gasteiger partial charge on any atom is -0.444 e. The van der Waals surface area contributed by atoms with Crippen LogP contribution in [-0.2, 0) is 33.5 Å². The van der Waals surface area contributed by atoms with Gasteiger partial charge in [-0.3, -0.25) is 28.8 Å². The minimum atomic E-state index is -1.25. The topological polar surface area (TPSA) is 180 Å². The van der Waals surface area contributed by atoms with E-state index in [9.17, 15) is 33.6 Å². The van der Waals surface area contributed by atoms with E-state index in [4.69, 9.17) is 27.9 Å². The number of nitrogens with one attached hydrogen (secondary N) is 4. The molecule has 0 aliphatic heterocycles. The standard InChI is InChI=1S/C37H51Cl2N5O8/c1-35(2,3)30(43-34(51)52-36(4,5)6)28(46)21-17-22-26(37(22,38)39)25(21)31(48)41-23(16-19-14-15-19)29(47)32(49)40-18-24(45)42-27(33(50)44(7)8)20-12-10-9-11-13-20/h9-13,19,21-23,25-27,30H,14-18H2,1-8H3,(H,40,49)(H,41,48)(H,42,45)(H,43,51)/t21?,22-,23?,25-,26-,27?,30+/m0/s1. The monoisotopic (exact) mass is 763 g/mol. The lowest BCUT2D eigenvalue weighted by Gasteiger charge is -2.35. The van der Waals surface area contributed by atoms with Gasteiger partial charge in [-0.1, -0.05) is 63.9 Å². The smallest absolute Gasteiger partial charge is 0.408 e. The van der Waals surface area contributed by atoms with Crippen molar-refractivity contribution in [1.82, 2.24) is 26.2 Å². The lowest BCUT2D eigenvalue weighted by atomic mass is 9.76. The average molecular weight is 765 g/mol. The zero-order chi connectivity index (χ0) is 38.9. The van der Waals surface area contributed by atoms with Gasteiger partial charge >= 0.3 is 6.09 Å². The van der Waals surface area contributed by atoms with Gasteiger partial charge in [0.15, 0.2) is 5.78 Å². The first-order valence-electron chi connectivity index (χ1n) is 17.6. The number of rotatable bonds is 14. The van der Waals surface area contributed by atoms with Crippen LogP contribution in [0.2, 0.25) is 0 Å². The maximum atomic E-state index is 14.2. The van der Waals surface area contributed by atoms with Crippen molar-refractivity contribution in [2.24, 2.45) is 35.0 Å². The van der Waals surface area contributed by atoms with E-state index in [1.165, 1.54) is 4.90 Å². The number of ketones is 2. The maximum Gasteiger partial charge on any atom is 0.408 e. The SMILES string of the molecule is CN(C)C(=O)C(NC(=O)CNC(=O)C(=O)C(CC1CC1)NC(=O)[C@H]1C(C(=O)[C@@H](NC(=O)OC(C)(C)C)C(C)(C)C)C[C@H]2[C@@H]1C2(Cl)Cl)c1ccccc1. The molecule has 3 aliphatic carbocycles. The van der Waals surface area contributed by atoms with Gasteiger partial charge in [0.2, 0.25) is 23.5 Å². The highest BCUT2D eigenvalue weighted by molar-refractivity contribution is 6.51. The first-order chi connectivity index (χ1) is 24.0. The zero-order valence-corrected chi connectivity index (χ0v) is 32.5. The summed E-state index contributed by atoms with van der Waals surface area (Å²) in [5.41, 5.74) is -1.02. The van der Waals surface area contributed by atoms with Crippen molar-refractivity contribution in [2.45, 2.75) is 95.3 Å². The highest BCUT2D eigenvalue weighted by Crippen LogP contribution is 2.71. The van der Waals surface area contributed by atoms with E-state index in [-0.39, 0.29) is 36.4 Å². The Balaban J connectivity index is 1.46. The number of carbonyl (C=O) groups excluding carboxylic acids is 7. The average Bonchev–Trinajstić information content (AvgIpc) is 3.90. The summed E-state index contributed by atoms with van der Waals surface area (Å²) in [6.45, 7) is 9.88. The second kappa shape index (κ2) is 15.7. The van der Waals surface area contributed by atoms with Gasteiger partial charge < -0.3 is 30.9 Å². The summed E-state index contributed by atoms with van der Waals surface area (Å²) in [5.74, 6) is -6.89. The van der Waals surface area contributed by atoms with E-state index in [1.807, 2.05) is 0 Å². The molecular formula is C37H51Cl2N5O8. The molecule has 7 atom stereocenters. The quantitative estimate of drug-likeness (QED) is 0.164. The molecule has 3 aliphatic rings. The summed E-state index contributed by atoms with van der Waals surface area (Å²) in [5, 5.41) is 10.4. The van der Waals surface area contributed by atoms with E-state index in [0.717, 1.165) is 12.8 Å². The van der Waals surface area contributed by atoms with E-state index in [1.54, 1.807) is 86.0 Å². The summed E-state index contributed by atoms with van der Waals surface area (Å²) >= 11 is 13.1. The largest absolute Gasteiger partial charge is 0.444 e.